The maximum atomic E-state index is 11.4. The molecule has 0 radical (unpaired) electrons. The van der Waals surface area contributed by atoms with Crippen molar-refractivity contribution in [2.45, 2.75) is 6.92 Å². The molecule has 0 atom stereocenters. The molecule has 0 bridgehead atoms. The second-order valence-electron chi connectivity index (χ2n) is 4.25. The minimum atomic E-state index is -0.375. The highest BCUT2D eigenvalue weighted by atomic mass is 16.5. The zero-order chi connectivity index (χ0) is 15.1. The van der Waals surface area contributed by atoms with Gasteiger partial charge >= 0.3 is 5.97 Å². The van der Waals surface area contributed by atoms with Gasteiger partial charge in [0.15, 0.2) is 0 Å². The zero-order valence-electron chi connectivity index (χ0n) is 12.1. The molecule has 0 aliphatic heterocycles. The van der Waals surface area contributed by atoms with E-state index in [9.17, 15) is 4.79 Å². The van der Waals surface area contributed by atoms with Gasteiger partial charge in [-0.3, -0.25) is 4.98 Å². The standard InChI is InChI=1S/C17H17NO3/c1-3-21-17(19)10-9-16-15(8-5-11-18-16)13-6-4-7-14(12-13)20-2/h4-12H,3H2,1-2H3/b10-9+. The molecular weight excluding hydrogens is 266 g/mol. The van der Waals surface area contributed by atoms with Crippen LogP contribution < -0.4 is 4.74 Å². The van der Waals surface area contributed by atoms with E-state index in [-0.39, 0.29) is 5.97 Å². The summed E-state index contributed by atoms with van der Waals surface area (Å²) in [6, 6.07) is 11.5. The smallest absolute Gasteiger partial charge is 0.330 e. The number of methoxy groups -OCH3 is 1. The summed E-state index contributed by atoms with van der Waals surface area (Å²) in [5.74, 6) is 0.399. The van der Waals surface area contributed by atoms with E-state index in [1.807, 2.05) is 36.4 Å². The summed E-state index contributed by atoms with van der Waals surface area (Å²) >= 11 is 0. The largest absolute Gasteiger partial charge is 0.497 e. The Kier molecular flexibility index (Phi) is 5.10. The van der Waals surface area contributed by atoms with Gasteiger partial charge in [0.2, 0.25) is 0 Å². The first kappa shape index (κ1) is 14.8. The summed E-state index contributed by atoms with van der Waals surface area (Å²) in [4.78, 5) is 15.7. The Morgan fingerprint density at radius 3 is 2.90 bits per heavy atom. The maximum absolute atomic E-state index is 11.4. The number of ether oxygens (including phenoxy) is 2. The Hall–Kier alpha value is -2.62. The molecule has 21 heavy (non-hydrogen) atoms. The van der Waals surface area contributed by atoms with Gasteiger partial charge in [-0.1, -0.05) is 18.2 Å². The summed E-state index contributed by atoms with van der Waals surface area (Å²) in [5.41, 5.74) is 2.61. The molecule has 0 aliphatic rings. The summed E-state index contributed by atoms with van der Waals surface area (Å²) < 4.78 is 10.1. The predicted octanol–water partition coefficient (Wildman–Crippen LogP) is 3.33. The summed E-state index contributed by atoms with van der Waals surface area (Å²) in [6.07, 6.45) is 4.73. The molecule has 1 aromatic carbocycles. The van der Waals surface area contributed by atoms with Crippen LogP contribution in [0, 0.1) is 0 Å². The second kappa shape index (κ2) is 7.24. The fraction of sp³-hybridized carbons (Fsp3) is 0.176. The highest BCUT2D eigenvalue weighted by Crippen LogP contribution is 2.26. The fourth-order valence-electron chi connectivity index (χ4n) is 1.92. The maximum Gasteiger partial charge on any atom is 0.330 e. The van der Waals surface area contributed by atoms with Crippen molar-refractivity contribution in [2.75, 3.05) is 13.7 Å². The van der Waals surface area contributed by atoms with Crippen molar-refractivity contribution in [1.29, 1.82) is 0 Å². The lowest BCUT2D eigenvalue weighted by atomic mass is 10.0. The van der Waals surface area contributed by atoms with Crippen molar-refractivity contribution in [3.05, 3.63) is 54.4 Å². The SMILES string of the molecule is CCOC(=O)/C=C/c1ncccc1-c1cccc(OC)c1. The number of hydrogen-bond acceptors (Lipinski definition) is 4. The number of aromatic nitrogens is 1. The predicted molar refractivity (Wildman–Crippen MR) is 81.9 cm³/mol. The molecule has 2 rings (SSSR count). The highest BCUT2D eigenvalue weighted by molar-refractivity contribution is 5.88. The van der Waals surface area contributed by atoms with E-state index in [1.165, 1.54) is 6.08 Å². The average molecular weight is 283 g/mol. The van der Waals surface area contributed by atoms with Gasteiger partial charge in [-0.25, -0.2) is 4.79 Å². The van der Waals surface area contributed by atoms with E-state index in [4.69, 9.17) is 9.47 Å². The topological polar surface area (TPSA) is 48.4 Å². The number of esters is 1. The van der Waals surface area contributed by atoms with Crippen molar-refractivity contribution < 1.29 is 14.3 Å². The summed E-state index contributed by atoms with van der Waals surface area (Å²) in [5, 5.41) is 0. The van der Waals surface area contributed by atoms with E-state index in [0.717, 1.165) is 16.9 Å². The van der Waals surface area contributed by atoms with Gasteiger partial charge in [0.05, 0.1) is 19.4 Å². The van der Waals surface area contributed by atoms with Gasteiger partial charge in [0, 0.05) is 17.8 Å². The Morgan fingerprint density at radius 1 is 1.29 bits per heavy atom. The monoisotopic (exact) mass is 283 g/mol. The number of carbonyl (C=O) groups excluding carboxylic acids is 1. The molecule has 1 heterocycles. The summed E-state index contributed by atoms with van der Waals surface area (Å²) in [7, 11) is 1.63. The third-order valence-electron chi connectivity index (χ3n) is 2.88. The van der Waals surface area contributed by atoms with Crippen molar-refractivity contribution in [3.63, 3.8) is 0 Å². The number of carbonyl (C=O) groups is 1. The van der Waals surface area contributed by atoms with E-state index in [1.54, 1.807) is 26.3 Å². The number of pyridine rings is 1. The molecular formula is C17H17NO3. The molecule has 4 heteroatoms. The van der Waals surface area contributed by atoms with Crippen LogP contribution in [0.4, 0.5) is 0 Å². The van der Waals surface area contributed by atoms with Gasteiger partial charge in [0.1, 0.15) is 5.75 Å². The number of hydrogen-bond donors (Lipinski definition) is 0. The van der Waals surface area contributed by atoms with Gasteiger partial charge in [0.25, 0.3) is 0 Å². The third-order valence-corrected chi connectivity index (χ3v) is 2.88. The van der Waals surface area contributed by atoms with E-state index in [2.05, 4.69) is 4.98 Å². The average Bonchev–Trinajstić information content (AvgIpc) is 2.53. The third kappa shape index (κ3) is 3.92. The molecule has 0 amide bonds. The van der Waals surface area contributed by atoms with Crippen molar-refractivity contribution in [2.24, 2.45) is 0 Å². The first-order chi connectivity index (χ1) is 10.2. The van der Waals surface area contributed by atoms with Gasteiger partial charge in [-0.15, -0.1) is 0 Å². The number of benzene rings is 1. The zero-order valence-corrected chi connectivity index (χ0v) is 12.1. The first-order valence-corrected chi connectivity index (χ1v) is 6.69. The van der Waals surface area contributed by atoms with E-state index < -0.39 is 0 Å². The molecule has 0 saturated carbocycles. The minimum absolute atomic E-state index is 0.355. The van der Waals surface area contributed by atoms with E-state index >= 15 is 0 Å². The van der Waals surface area contributed by atoms with Crippen molar-refractivity contribution in [3.8, 4) is 16.9 Å². The van der Waals surface area contributed by atoms with Gasteiger partial charge < -0.3 is 9.47 Å². The quantitative estimate of drug-likeness (QED) is 0.624. The van der Waals surface area contributed by atoms with Crippen LogP contribution in [0.1, 0.15) is 12.6 Å². The van der Waals surface area contributed by atoms with Crippen LogP contribution in [0.5, 0.6) is 5.75 Å². The lowest BCUT2D eigenvalue weighted by molar-refractivity contribution is -0.137. The molecule has 2 aromatic rings. The molecule has 0 aliphatic carbocycles. The normalized spacial score (nSPS) is 10.6. The van der Waals surface area contributed by atoms with Crippen LogP contribution in [0.15, 0.2) is 48.7 Å². The molecule has 108 valence electrons. The van der Waals surface area contributed by atoms with Crippen molar-refractivity contribution in [1.82, 2.24) is 4.98 Å². The Labute approximate surface area is 124 Å². The second-order valence-corrected chi connectivity index (χ2v) is 4.25. The molecule has 0 N–H and O–H groups in total. The highest BCUT2D eigenvalue weighted by Gasteiger charge is 2.05. The minimum Gasteiger partial charge on any atom is -0.497 e. The van der Waals surface area contributed by atoms with Crippen LogP contribution in [0.3, 0.4) is 0 Å². The Bertz CT molecular complexity index is 650. The van der Waals surface area contributed by atoms with Gasteiger partial charge in [-0.2, -0.15) is 0 Å². The number of nitrogens with zero attached hydrogens (tertiary/aromatic N) is 1. The van der Waals surface area contributed by atoms with Crippen LogP contribution in [0.2, 0.25) is 0 Å². The lowest BCUT2D eigenvalue weighted by Crippen LogP contribution is -1.99. The molecule has 4 nitrogen and oxygen atoms in total. The lowest BCUT2D eigenvalue weighted by Gasteiger charge is -2.07. The molecule has 0 fully saturated rings. The van der Waals surface area contributed by atoms with Crippen LogP contribution in [-0.2, 0) is 9.53 Å². The van der Waals surface area contributed by atoms with Crippen LogP contribution in [0.25, 0.3) is 17.2 Å². The molecule has 0 spiro atoms. The van der Waals surface area contributed by atoms with Crippen LogP contribution >= 0.6 is 0 Å². The Morgan fingerprint density at radius 2 is 2.14 bits per heavy atom. The van der Waals surface area contributed by atoms with Gasteiger partial charge in [-0.05, 0) is 36.8 Å². The molecule has 0 saturated heterocycles. The van der Waals surface area contributed by atoms with Crippen molar-refractivity contribution >= 4 is 12.0 Å². The molecule has 1 aromatic heterocycles. The summed E-state index contributed by atoms with van der Waals surface area (Å²) in [6.45, 7) is 2.13. The Balaban J connectivity index is 2.34. The fourth-order valence-corrected chi connectivity index (χ4v) is 1.92. The number of rotatable bonds is 5. The van der Waals surface area contributed by atoms with E-state index in [0.29, 0.717) is 12.3 Å². The van der Waals surface area contributed by atoms with Crippen LogP contribution in [-0.4, -0.2) is 24.7 Å². The first-order valence-electron chi connectivity index (χ1n) is 6.69. The molecule has 0 unspecified atom stereocenters.